The first-order chi connectivity index (χ1) is 9.40. The minimum Gasteiger partial charge on any atom is -0.481 e. The van der Waals surface area contributed by atoms with E-state index in [1.54, 1.807) is 6.92 Å². The standard InChI is InChI=1S/C15H28N2O3/c1-11(8-10-16)6-7-13(18)17-12-5-3-4-9-15(12,2)14(19)20/h11-12H,3-10,16H2,1-2H3,(H,17,18)(H,19,20). The summed E-state index contributed by atoms with van der Waals surface area (Å²) in [6, 6.07) is -0.244. The van der Waals surface area contributed by atoms with Crippen molar-refractivity contribution in [2.75, 3.05) is 6.54 Å². The Bertz CT molecular complexity index is 346. The Morgan fingerprint density at radius 2 is 2.10 bits per heavy atom. The fourth-order valence-corrected chi connectivity index (χ4v) is 2.89. The van der Waals surface area contributed by atoms with Crippen LogP contribution < -0.4 is 11.1 Å². The summed E-state index contributed by atoms with van der Waals surface area (Å²) in [5.74, 6) is -0.407. The van der Waals surface area contributed by atoms with E-state index in [-0.39, 0.29) is 11.9 Å². The smallest absolute Gasteiger partial charge is 0.311 e. The lowest BCUT2D eigenvalue weighted by atomic mass is 9.71. The number of nitrogens with one attached hydrogen (secondary N) is 1. The maximum absolute atomic E-state index is 12.0. The molecular weight excluding hydrogens is 256 g/mol. The Balaban J connectivity index is 2.48. The molecule has 116 valence electrons. The van der Waals surface area contributed by atoms with E-state index < -0.39 is 11.4 Å². The largest absolute Gasteiger partial charge is 0.481 e. The second kappa shape index (κ2) is 7.62. The summed E-state index contributed by atoms with van der Waals surface area (Å²) in [5.41, 5.74) is 4.67. The average Bonchev–Trinajstić information content (AvgIpc) is 2.39. The van der Waals surface area contributed by atoms with Gasteiger partial charge in [-0.25, -0.2) is 0 Å². The molecule has 5 heteroatoms. The predicted molar refractivity (Wildman–Crippen MR) is 78.2 cm³/mol. The Hall–Kier alpha value is -1.10. The molecule has 3 atom stereocenters. The summed E-state index contributed by atoms with van der Waals surface area (Å²) in [5, 5.41) is 12.3. The van der Waals surface area contributed by atoms with E-state index in [1.165, 1.54) is 0 Å². The normalized spacial score (nSPS) is 27.9. The van der Waals surface area contributed by atoms with Crippen molar-refractivity contribution in [3.8, 4) is 0 Å². The first-order valence-electron chi connectivity index (χ1n) is 7.63. The van der Waals surface area contributed by atoms with Crippen LogP contribution in [0.3, 0.4) is 0 Å². The molecule has 0 aliphatic heterocycles. The van der Waals surface area contributed by atoms with E-state index in [2.05, 4.69) is 12.2 Å². The fraction of sp³-hybridized carbons (Fsp3) is 0.867. The predicted octanol–water partition coefficient (Wildman–Crippen LogP) is 1.90. The Morgan fingerprint density at radius 3 is 2.70 bits per heavy atom. The van der Waals surface area contributed by atoms with Crippen LogP contribution in [0.15, 0.2) is 0 Å². The van der Waals surface area contributed by atoms with E-state index in [9.17, 15) is 14.7 Å². The number of nitrogens with two attached hydrogens (primary N) is 1. The number of carboxylic acid groups (broad SMARTS) is 1. The van der Waals surface area contributed by atoms with Crippen LogP contribution in [0.1, 0.15) is 58.8 Å². The highest BCUT2D eigenvalue weighted by Gasteiger charge is 2.43. The van der Waals surface area contributed by atoms with Crippen LogP contribution in [0, 0.1) is 11.3 Å². The molecule has 20 heavy (non-hydrogen) atoms. The van der Waals surface area contributed by atoms with Crippen LogP contribution in [0.2, 0.25) is 0 Å². The lowest BCUT2D eigenvalue weighted by Gasteiger charge is -2.38. The third-order valence-corrected chi connectivity index (χ3v) is 4.56. The molecule has 3 unspecified atom stereocenters. The number of amides is 1. The topological polar surface area (TPSA) is 92.4 Å². The highest BCUT2D eigenvalue weighted by Crippen LogP contribution is 2.36. The summed E-state index contributed by atoms with van der Waals surface area (Å²) in [6.45, 7) is 4.47. The summed E-state index contributed by atoms with van der Waals surface area (Å²) in [7, 11) is 0. The van der Waals surface area contributed by atoms with E-state index >= 15 is 0 Å². The Kier molecular flexibility index (Phi) is 6.46. The lowest BCUT2D eigenvalue weighted by molar-refractivity contribution is -0.152. The van der Waals surface area contributed by atoms with Gasteiger partial charge in [0, 0.05) is 12.5 Å². The first kappa shape index (κ1) is 17.0. The molecule has 0 heterocycles. The molecule has 5 nitrogen and oxygen atoms in total. The number of rotatable bonds is 7. The van der Waals surface area contributed by atoms with Gasteiger partial charge < -0.3 is 16.2 Å². The molecule has 4 N–H and O–H groups in total. The van der Waals surface area contributed by atoms with E-state index in [1.807, 2.05) is 0 Å². The number of carboxylic acids is 1. The number of hydrogen-bond acceptors (Lipinski definition) is 3. The van der Waals surface area contributed by atoms with Gasteiger partial charge in [-0.15, -0.1) is 0 Å². The van der Waals surface area contributed by atoms with Crippen molar-refractivity contribution in [1.29, 1.82) is 0 Å². The van der Waals surface area contributed by atoms with E-state index in [4.69, 9.17) is 5.73 Å². The molecular formula is C15H28N2O3. The van der Waals surface area contributed by atoms with Crippen LogP contribution in [-0.4, -0.2) is 29.6 Å². The molecule has 1 rings (SSSR count). The summed E-state index contributed by atoms with van der Waals surface area (Å²) in [4.78, 5) is 23.4. The molecule has 1 fully saturated rings. The highest BCUT2D eigenvalue weighted by atomic mass is 16.4. The second-order valence-electron chi connectivity index (χ2n) is 6.31. The van der Waals surface area contributed by atoms with Gasteiger partial charge in [-0.3, -0.25) is 9.59 Å². The van der Waals surface area contributed by atoms with Crippen molar-refractivity contribution in [2.45, 2.75) is 64.8 Å². The quantitative estimate of drug-likeness (QED) is 0.665. The third kappa shape index (κ3) is 4.47. The van der Waals surface area contributed by atoms with Gasteiger partial charge in [0.25, 0.3) is 0 Å². The minimum atomic E-state index is -0.823. The first-order valence-corrected chi connectivity index (χ1v) is 7.63. The monoisotopic (exact) mass is 284 g/mol. The van der Waals surface area contributed by atoms with Gasteiger partial charge in [0.15, 0.2) is 0 Å². The van der Waals surface area contributed by atoms with Gasteiger partial charge in [-0.05, 0) is 45.1 Å². The zero-order chi connectivity index (χ0) is 15.2. The van der Waals surface area contributed by atoms with Crippen molar-refractivity contribution in [3.63, 3.8) is 0 Å². The van der Waals surface area contributed by atoms with Gasteiger partial charge in [0.1, 0.15) is 0 Å². The van der Waals surface area contributed by atoms with E-state index in [0.29, 0.717) is 25.3 Å². The molecule has 1 aliphatic rings. The molecule has 1 aliphatic carbocycles. The molecule has 0 aromatic rings. The summed E-state index contributed by atoms with van der Waals surface area (Å²) < 4.78 is 0. The maximum atomic E-state index is 12.0. The van der Waals surface area contributed by atoms with E-state index in [0.717, 1.165) is 32.1 Å². The average molecular weight is 284 g/mol. The van der Waals surface area contributed by atoms with Crippen LogP contribution in [-0.2, 0) is 9.59 Å². The van der Waals surface area contributed by atoms with Crippen LogP contribution in [0.4, 0.5) is 0 Å². The second-order valence-corrected chi connectivity index (χ2v) is 6.31. The van der Waals surface area contributed by atoms with Gasteiger partial charge in [-0.2, -0.15) is 0 Å². The highest BCUT2D eigenvalue weighted by molar-refractivity contribution is 5.79. The van der Waals surface area contributed by atoms with Crippen LogP contribution in [0.5, 0.6) is 0 Å². The molecule has 0 spiro atoms. The third-order valence-electron chi connectivity index (χ3n) is 4.56. The number of aliphatic carboxylic acids is 1. The summed E-state index contributed by atoms with van der Waals surface area (Å²) >= 11 is 0. The summed E-state index contributed by atoms with van der Waals surface area (Å²) in [6.07, 6.45) is 5.47. The SMILES string of the molecule is CC(CCN)CCC(=O)NC1CCCCC1(C)C(=O)O. The molecule has 0 bridgehead atoms. The Morgan fingerprint density at radius 1 is 1.40 bits per heavy atom. The van der Waals surface area contributed by atoms with Crippen molar-refractivity contribution in [3.05, 3.63) is 0 Å². The van der Waals surface area contributed by atoms with Gasteiger partial charge in [-0.1, -0.05) is 19.8 Å². The molecule has 0 radical (unpaired) electrons. The van der Waals surface area contributed by atoms with Crippen LogP contribution >= 0.6 is 0 Å². The Labute approximate surface area is 121 Å². The zero-order valence-electron chi connectivity index (χ0n) is 12.7. The number of carbonyl (C=O) groups excluding carboxylic acids is 1. The van der Waals surface area contributed by atoms with Crippen LogP contribution in [0.25, 0.3) is 0 Å². The fourth-order valence-electron chi connectivity index (χ4n) is 2.89. The van der Waals surface area contributed by atoms with Crippen molar-refractivity contribution in [2.24, 2.45) is 17.1 Å². The van der Waals surface area contributed by atoms with Gasteiger partial charge >= 0.3 is 5.97 Å². The molecule has 1 saturated carbocycles. The maximum Gasteiger partial charge on any atom is 0.311 e. The van der Waals surface area contributed by atoms with Crippen molar-refractivity contribution >= 4 is 11.9 Å². The number of carbonyl (C=O) groups is 2. The zero-order valence-corrected chi connectivity index (χ0v) is 12.7. The molecule has 0 saturated heterocycles. The van der Waals surface area contributed by atoms with Gasteiger partial charge in [0.2, 0.25) is 5.91 Å². The molecule has 0 aromatic carbocycles. The molecule has 0 aromatic heterocycles. The lowest BCUT2D eigenvalue weighted by Crippen LogP contribution is -2.52. The molecule has 1 amide bonds. The van der Waals surface area contributed by atoms with Gasteiger partial charge in [0.05, 0.1) is 5.41 Å². The van der Waals surface area contributed by atoms with Crippen molar-refractivity contribution in [1.82, 2.24) is 5.32 Å². The number of hydrogen-bond donors (Lipinski definition) is 3. The minimum absolute atomic E-state index is 0.0340. The van der Waals surface area contributed by atoms with Crippen molar-refractivity contribution < 1.29 is 14.7 Å².